The summed E-state index contributed by atoms with van der Waals surface area (Å²) < 4.78 is 11.8. The van der Waals surface area contributed by atoms with E-state index >= 15 is 0 Å². The number of carbonyl (C=O) groups is 1. The summed E-state index contributed by atoms with van der Waals surface area (Å²) in [7, 11) is 0. The van der Waals surface area contributed by atoms with Crippen LogP contribution in [0.15, 0.2) is 60.7 Å². The molecule has 0 atom stereocenters. The molecule has 0 radical (unpaired) electrons. The Morgan fingerprint density at radius 1 is 1.06 bits per heavy atom. The number of aromatic nitrogens is 4. The highest BCUT2D eigenvalue weighted by Gasteiger charge is 2.15. The molecule has 0 spiro atoms. The average Bonchev–Trinajstić information content (AvgIpc) is 3.35. The molecule has 8 nitrogen and oxygen atoms in total. The van der Waals surface area contributed by atoms with Crippen molar-refractivity contribution in [1.29, 1.82) is 0 Å². The first-order valence-corrected chi connectivity index (χ1v) is 10.1. The summed E-state index contributed by atoms with van der Waals surface area (Å²) in [6.07, 6.45) is 0.333. The topological polar surface area (TPSA) is 110 Å². The fraction of sp³-hybridized carbons (Fsp3) is 0.167. The van der Waals surface area contributed by atoms with Crippen molar-refractivity contribution in [1.82, 2.24) is 20.6 Å². The zero-order valence-electron chi connectivity index (χ0n) is 17.7. The van der Waals surface area contributed by atoms with Gasteiger partial charge in [-0.25, -0.2) is 5.10 Å². The monoisotopic (exact) mass is 430 g/mol. The summed E-state index contributed by atoms with van der Waals surface area (Å²) in [6, 6.07) is 18.3. The second kappa shape index (κ2) is 9.30. The molecule has 0 saturated carbocycles. The van der Waals surface area contributed by atoms with Gasteiger partial charge in [-0.3, -0.25) is 4.79 Å². The van der Waals surface area contributed by atoms with E-state index in [2.05, 4.69) is 20.6 Å². The number of rotatable bonds is 8. The number of H-pyrrole nitrogens is 1. The Bertz CT molecular complexity index is 1220. The maximum absolute atomic E-state index is 11.9. The number of aromatic amines is 1. The van der Waals surface area contributed by atoms with E-state index in [0.717, 1.165) is 11.1 Å². The molecule has 32 heavy (non-hydrogen) atoms. The van der Waals surface area contributed by atoms with Crippen LogP contribution in [0, 0.1) is 6.92 Å². The third kappa shape index (κ3) is 4.59. The third-order valence-electron chi connectivity index (χ3n) is 5.00. The van der Waals surface area contributed by atoms with Crippen LogP contribution in [0.1, 0.15) is 34.8 Å². The van der Waals surface area contributed by atoms with Gasteiger partial charge in [0, 0.05) is 17.5 Å². The minimum absolute atomic E-state index is 0.0315. The Morgan fingerprint density at radius 3 is 2.59 bits per heavy atom. The minimum Gasteiger partial charge on any atom is -0.507 e. The molecule has 162 valence electrons. The van der Waals surface area contributed by atoms with E-state index in [9.17, 15) is 9.90 Å². The molecule has 0 unspecified atom stereocenters. The van der Waals surface area contributed by atoms with Gasteiger partial charge < -0.3 is 14.6 Å². The molecule has 0 amide bonds. The number of Topliss-reactive ketones (excluding diaryl/α,β-unsaturated/α-hetero) is 1. The minimum atomic E-state index is -0.104. The van der Waals surface area contributed by atoms with Crippen LogP contribution in [0.5, 0.6) is 23.0 Å². The summed E-state index contributed by atoms with van der Waals surface area (Å²) in [5, 5.41) is 24.1. The van der Waals surface area contributed by atoms with Gasteiger partial charge >= 0.3 is 0 Å². The lowest BCUT2D eigenvalue weighted by Gasteiger charge is -2.13. The van der Waals surface area contributed by atoms with Crippen molar-refractivity contribution in [3.05, 3.63) is 77.4 Å². The zero-order chi connectivity index (χ0) is 22.5. The number of nitrogens with one attached hydrogen (secondary N) is 1. The first-order valence-electron chi connectivity index (χ1n) is 10.1. The number of nitrogens with zero attached hydrogens (tertiary/aromatic N) is 3. The summed E-state index contributed by atoms with van der Waals surface area (Å²) in [5.41, 5.74) is 2.62. The maximum atomic E-state index is 11.9. The number of ether oxygens (including phenoxy) is 2. The standard InChI is InChI=1S/C24H22N4O4/c1-3-21(29)20-11-12-22(15(2)23(20)30)31-14-16-5-4-6-19(13-16)32-18-9-7-17(8-10-18)24-25-27-28-26-24/h4-13,30H,3,14H2,1-2H3,(H,25,26,27,28). The highest BCUT2D eigenvalue weighted by molar-refractivity contribution is 5.99. The molecule has 0 bridgehead atoms. The number of carbonyl (C=O) groups excluding carboxylic acids is 1. The van der Waals surface area contributed by atoms with E-state index < -0.39 is 0 Å². The van der Waals surface area contributed by atoms with Gasteiger partial charge in [0.05, 0.1) is 5.56 Å². The predicted octanol–water partition coefficient (Wildman–Crippen LogP) is 4.84. The summed E-state index contributed by atoms with van der Waals surface area (Å²) in [4.78, 5) is 11.9. The van der Waals surface area contributed by atoms with Crippen LogP contribution < -0.4 is 9.47 Å². The van der Waals surface area contributed by atoms with Gasteiger partial charge in [-0.2, -0.15) is 0 Å². The van der Waals surface area contributed by atoms with Crippen molar-refractivity contribution in [3.63, 3.8) is 0 Å². The van der Waals surface area contributed by atoms with Crippen LogP contribution >= 0.6 is 0 Å². The van der Waals surface area contributed by atoms with Gasteiger partial charge in [0.2, 0.25) is 0 Å². The molecular formula is C24H22N4O4. The van der Waals surface area contributed by atoms with E-state index in [1.807, 2.05) is 48.5 Å². The van der Waals surface area contributed by atoms with Crippen LogP contribution in [-0.4, -0.2) is 31.5 Å². The molecule has 3 aromatic carbocycles. The Labute approximate surface area is 184 Å². The first-order chi connectivity index (χ1) is 15.5. The average molecular weight is 430 g/mol. The molecule has 4 aromatic rings. The van der Waals surface area contributed by atoms with E-state index in [1.54, 1.807) is 26.0 Å². The lowest BCUT2D eigenvalue weighted by atomic mass is 10.0. The third-order valence-corrected chi connectivity index (χ3v) is 5.00. The molecule has 0 aliphatic heterocycles. The maximum Gasteiger partial charge on any atom is 0.179 e. The van der Waals surface area contributed by atoms with Gasteiger partial charge in [0.1, 0.15) is 29.6 Å². The van der Waals surface area contributed by atoms with Crippen molar-refractivity contribution in [2.45, 2.75) is 26.9 Å². The zero-order valence-corrected chi connectivity index (χ0v) is 17.7. The Kier molecular flexibility index (Phi) is 6.12. The highest BCUT2D eigenvalue weighted by atomic mass is 16.5. The van der Waals surface area contributed by atoms with Crippen LogP contribution in [0.4, 0.5) is 0 Å². The molecule has 0 aliphatic rings. The van der Waals surface area contributed by atoms with Crippen molar-refractivity contribution < 1.29 is 19.4 Å². The number of ketones is 1. The van der Waals surface area contributed by atoms with Crippen molar-refractivity contribution >= 4 is 5.78 Å². The predicted molar refractivity (Wildman–Crippen MR) is 118 cm³/mol. The van der Waals surface area contributed by atoms with E-state index in [4.69, 9.17) is 9.47 Å². The van der Waals surface area contributed by atoms with Crippen LogP contribution in [0.25, 0.3) is 11.4 Å². The molecule has 0 fully saturated rings. The summed E-state index contributed by atoms with van der Waals surface area (Å²) >= 11 is 0. The summed E-state index contributed by atoms with van der Waals surface area (Å²) in [5.74, 6) is 2.33. The van der Waals surface area contributed by atoms with Gasteiger partial charge in [0.25, 0.3) is 0 Å². The first kappa shape index (κ1) is 21.0. The number of tetrazole rings is 1. The SMILES string of the molecule is CCC(=O)c1ccc(OCc2cccc(Oc3ccc(-c4nnn[nH]4)cc3)c2)c(C)c1O. The van der Waals surface area contributed by atoms with E-state index in [1.165, 1.54) is 0 Å². The van der Waals surface area contributed by atoms with Crippen LogP contribution in [-0.2, 0) is 6.61 Å². The van der Waals surface area contributed by atoms with Gasteiger partial charge in [-0.1, -0.05) is 19.1 Å². The largest absolute Gasteiger partial charge is 0.507 e. The van der Waals surface area contributed by atoms with Gasteiger partial charge in [-0.15, -0.1) is 5.10 Å². The molecule has 4 rings (SSSR count). The van der Waals surface area contributed by atoms with E-state index in [0.29, 0.717) is 40.6 Å². The number of hydrogen-bond acceptors (Lipinski definition) is 7. The lowest BCUT2D eigenvalue weighted by Crippen LogP contribution is -2.01. The van der Waals surface area contributed by atoms with Gasteiger partial charge in [0.15, 0.2) is 11.6 Å². The highest BCUT2D eigenvalue weighted by Crippen LogP contribution is 2.32. The number of benzene rings is 3. The fourth-order valence-corrected chi connectivity index (χ4v) is 3.21. The molecule has 8 heteroatoms. The van der Waals surface area contributed by atoms with Crippen molar-refractivity contribution in [3.8, 4) is 34.4 Å². The summed E-state index contributed by atoms with van der Waals surface area (Å²) in [6.45, 7) is 3.78. The molecule has 0 saturated heterocycles. The second-order valence-electron chi connectivity index (χ2n) is 7.17. The molecule has 1 aromatic heterocycles. The smallest absolute Gasteiger partial charge is 0.179 e. The van der Waals surface area contributed by atoms with Crippen LogP contribution in [0.3, 0.4) is 0 Å². The number of phenolic OH excluding ortho intramolecular Hbond substituents is 1. The number of aromatic hydroxyl groups is 1. The molecule has 0 aliphatic carbocycles. The van der Waals surface area contributed by atoms with Crippen LogP contribution in [0.2, 0.25) is 0 Å². The number of phenols is 1. The lowest BCUT2D eigenvalue weighted by molar-refractivity contribution is 0.0985. The second-order valence-corrected chi connectivity index (χ2v) is 7.17. The Balaban J connectivity index is 1.42. The molecule has 1 heterocycles. The molecule has 2 N–H and O–H groups in total. The molecular weight excluding hydrogens is 408 g/mol. The van der Waals surface area contributed by atoms with Crippen molar-refractivity contribution in [2.75, 3.05) is 0 Å². The normalized spacial score (nSPS) is 10.7. The Morgan fingerprint density at radius 2 is 1.88 bits per heavy atom. The fourth-order valence-electron chi connectivity index (χ4n) is 3.21. The van der Waals surface area contributed by atoms with Crippen molar-refractivity contribution in [2.24, 2.45) is 0 Å². The number of hydrogen-bond donors (Lipinski definition) is 2. The Hall–Kier alpha value is -4.20. The quantitative estimate of drug-likeness (QED) is 0.385. The van der Waals surface area contributed by atoms with Gasteiger partial charge in [-0.05, 0) is 71.4 Å². The van der Waals surface area contributed by atoms with E-state index in [-0.39, 0.29) is 18.1 Å².